The number of alkyl halides is 2. The zero-order valence-electron chi connectivity index (χ0n) is 19.8. The molecule has 1 fully saturated rings. The summed E-state index contributed by atoms with van der Waals surface area (Å²) in [5.41, 5.74) is 4.35. The van der Waals surface area contributed by atoms with Crippen molar-refractivity contribution in [3.63, 3.8) is 0 Å². The van der Waals surface area contributed by atoms with Crippen molar-refractivity contribution < 1.29 is 13.6 Å². The number of amides is 1. The summed E-state index contributed by atoms with van der Waals surface area (Å²) in [6.45, 7) is 3.14. The molecule has 34 heavy (non-hydrogen) atoms. The molecule has 1 amide bonds. The van der Waals surface area contributed by atoms with Crippen molar-refractivity contribution in [1.82, 2.24) is 19.0 Å². The molecule has 0 unspecified atom stereocenters. The van der Waals surface area contributed by atoms with Gasteiger partial charge in [-0.1, -0.05) is 0 Å². The highest BCUT2D eigenvalue weighted by Gasteiger charge is 2.40. The van der Waals surface area contributed by atoms with Gasteiger partial charge in [0.15, 0.2) is 5.82 Å². The van der Waals surface area contributed by atoms with Gasteiger partial charge < -0.3 is 18.9 Å². The van der Waals surface area contributed by atoms with Gasteiger partial charge in [-0.05, 0) is 67.5 Å². The van der Waals surface area contributed by atoms with Gasteiger partial charge in [0.05, 0.1) is 12.2 Å². The van der Waals surface area contributed by atoms with Crippen LogP contribution in [0.4, 0.5) is 20.3 Å². The first-order valence-corrected chi connectivity index (χ1v) is 12.0. The van der Waals surface area contributed by atoms with E-state index in [0.29, 0.717) is 18.0 Å². The number of benzene rings is 1. The maximum absolute atomic E-state index is 14.3. The van der Waals surface area contributed by atoms with Gasteiger partial charge in [0, 0.05) is 50.2 Å². The predicted molar refractivity (Wildman–Crippen MR) is 127 cm³/mol. The Hall–Kier alpha value is -3.16. The number of fused-ring (bicyclic) bond motifs is 2. The summed E-state index contributed by atoms with van der Waals surface area (Å²) >= 11 is 0. The molecule has 2 aromatic heterocycles. The minimum atomic E-state index is -2.58. The number of likely N-dealkylation sites (N-methyl/N-ethyl adjacent to an activating group) is 1. The van der Waals surface area contributed by atoms with Crippen LogP contribution in [0.1, 0.15) is 67.2 Å². The van der Waals surface area contributed by atoms with Crippen LogP contribution in [-0.4, -0.2) is 38.5 Å². The molecule has 0 radical (unpaired) electrons. The number of carbonyl (C=O) groups excluding carboxylic acids is 1. The van der Waals surface area contributed by atoms with E-state index in [1.165, 1.54) is 0 Å². The predicted octanol–water partition coefficient (Wildman–Crippen LogP) is 5.32. The van der Waals surface area contributed by atoms with Gasteiger partial charge in [0.2, 0.25) is 5.91 Å². The van der Waals surface area contributed by atoms with Gasteiger partial charge >= 0.3 is 0 Å². The highest BCUT2D eigenvalue weighted by atomic mass is 19.3. The molecule has 1 atom stereocenters. The Morgan fingerprint density at radius 3 is 2.65 bits per heavy atom. The van der Waals surface area contributed by atoms with E-state index in [-0.39, 0.29) is 17.5 Å². The summed E-state index contributed by atoms with van der Waals surface area (Å²) in [6, 6.07) is 5.20. The number of anilines is 2. The van der Waals surface area contributed by atoms with E-state index >= 15 is 0 Å². The van der Waals surface area contributed by atoms with Crippen molar-refractivity contribution >= 4 is 17.4 Å². The monoisotopic (exact) mass is 465 g/mol. The van der Waals surface area contributed by atoms with E-state index in [4.69, 9.17) is 4.98 Å². The second-order valence-electron chi connectivity index (χ2n) is 9.94. The topological polar surface area (TPSA) is 46.3 Å². The Morgan fingerprint density at radius 1 is 1.18 bits per heavy atom. The number of imidazole rings is 1. The number of halogens is 2. The molecule has 6 rings (SSSR count). The lowest BCUT2D eigenvalue weighted by molar-refractivity contribution is -0.135. The summed E-state index contributed by atoms with van der Waals surface area (Å²) in [5.74, 6) is 2.26. The Balaban J connectivity index is 1.51. The summed E-state index contributed by atoms with van der Waals surface area (Å²) in [4.78, 5) is 21.7. The molecule has 0 bridgehead atoms. The van der Waals surface area contributed by atoms with Crippen molar-refractivity contribution in [3.05, 3.63) is 53.2 Å². The van der Waals surface area contributed by atoms with E-state index < -0.39 is 6.43 Å². The van der Waals surface area contributed by atoms with Crippen LogP contribution in [-0.2, 0) is 24.8 Å². The number of aromatic nitrogens is 3. The van der Waals surface area contributed by atoms with Crippen LogP contribution in [0.15, 0.2) is 30.6 Å². The van der Waals surface area contributed by atoms with Gasteiger partial charge in [-0.2, -0.15) is 0 Å². The average molecular weight is 466 g/mol. The Morgan fingerprint density at radius 2 is 1.97 bits per heavy atom. The molecule has 1 aliphatic carbocycles. The first-order valence-electron chi connectivity index (χ1n) is 12.0. The third kappa shape index (κ3) is 3.26. The van der Waals surface area contributed by atoms with Gasteiger partial charge in [0.25, 0.3) is 6.43 Å². The van der Waals surface area contributed by atoms with Gasteiger partial charge in [0.1, 0.15) is 11.9 Å². The van der Waals surface area contributed by atoms with Crippen LogP contribution in [0.5, 0.6) is 0 Å². The Kier molecular flexibility index (Phi) is 4.83. The minimum Gasteiger partial charge on any atom is -0.357 e. The van der Waals surface area contributed by atoms with E-state index in [1.807, 2.05) is 50.1 Å². The molecule has 3 aromatic rings. The maximum atomic E-state index is 14.3. The summed E-state index contributed by atoms with van der Waals surface area (Å²) < 4.78 is 32.5. The molecule has 2 aliphatic heterocycles. The molecule has 3 aliphatic rings. The molecular formula is C26H29F2N5O. The summed E-state index contributed by atoms with van der Waals surface area (Å²) in [7, 11) is 3.72. The van der Waals surface area contributed by atoms with Crippen LogP contribution < -0.4 is 4.90 Å². The third-order valence-electron chi connectivity index (χ3n) is 7.47. The fourth-order valence-electron chi connectivity index (χ4n) is 5.59. The molecule has 0 N–H and O–H groups in total. The lowest BCUT2D eigenvalue weighted by Gasteiger charge is -2.35. The Bertz CT molecular complexity index is 1290. The van der Waals surface area contributed by atoms with Crippen LogP contribution in [0.3, 0.4) is 0 Å². The molecule has 0 spiro atoms. The lowest BCUT2D eigenvalue weighted by Crippen LogP contribution is -2.40. The van der Waals surface area contributed by atoms with Crippen LogP contribution >= 0.6 is 0 Å². The molecule has 4 heterocycles. The standard InChI is InChI=1S/C26H29F2N5O/c1-15-26(34)31(3)14-22-25(29-24(33(15)22)16-6-7-16)32-9-4-5-17-11-19(18-8-10-30(2)13-18)20(23(27)28)12-21(17)32/h8,10-13,15-16,23H,4-7,9,14H2,1-3H3/t15-/m0/s1. The molecule has 1 saturated carbocycles. The van der Waals surface area contributed by atoms with Crippen molar-refractivity contribution in [2.45, 2.75) is 57.5 Å². The lowest BCUT2D eigenvalue weighted by atomic mass is 9.93. The summed E-state index contributed by atoms with van der Waals surface area (Å²) in [5, 5.41) is 0. The molecule has 178 valence electrons. The minimum absolute atomic E-state index is 0.0491. The maximum Gasteiger partial charge on any atom is 0.264 e. The number of hydrogen-bond donors (Lipinski definition) is 0. The normalized spacial score (nSPS) is 20.2. The highest BCUT2D eigenvalue weighted by molar-refractivity contribution is 5.83. The number of carbonyl (C=O) groups is 1. The average Bonchev–Trinajstić information content (AvgIpc) is 3.46. The van der Waals surface area contributed by atoms with Crippen LogP contribution in [0.25, 0.3) is 11.1 Å². The summed E-state index contributed by atoms with van der Waals surface area (Å²) in [6.07, 6.45) is 5.12. The van der Waals surface area contributed by atoms with Crippen molar-refractivity contribution in [2.75, 3.05) is 18.5 Å². The van der Waals surface area contributed by atoms with Crippen molar-refractivity contribution in [3.8, 4) is 11.1 Å². The van der Waals surface area contributed by atoms with Crippen molar-refractivity contribution in [2.24, 2.45) is 7.05 Å². The van der Waals surface area contributed by atoms with E-state index in [0.717, 1.165) is 66.4 Å². The molecule has 6 nitrogen and oxygen atoms in total. The number of hydrogen-bond acceptors (Lipinski definition) is 3. The number of rotatable bonds is 4. The number of nitrogens with zero attached hydrogens (tertiary/aromatic N) is 5. The van der Waals surface area contributed by atoms with E-state index in [1.54, 1.807) is 11.0 Å². The Labute approximate surface area is 197 Å². The molecule has 8 heteroatoms. The van der Waals surface area contributed by atoms with E-state index in [9.17, 15) is 13.6 Å². The highest BCUT2D eigenvalue weighted by Crippen LogP contribution is 2.47. The first-order chi connectivity index (χ1) is 16.3. The van der Waals surface area contributed by atoms with Gasteiger partial charge in [-0.15, -0.1) is 0 Å². The van der Waals surface area contributed by atoms with Crippen LogP contribution in [0.2, 0.25) is 0 Å². The third-order valence-corrected chi connectivity index (χ3v) is 7.47. The smallest absolute Gasteiger partial charge is 0.264 e. The SMILES string of the molecule is C[C@H]1C(=O)N(C)Cc2c(N3CCCc4cc(-c5ccn(C)c5)c(C(F)F)cc43)nc(C3CC3)n21. The van der Waals surface area contributed by atoms with Gasteiger partial charge in [-0.3, -0.25) is 4.79 Å². The fourth-order valence-corrected chi connectivity index (χ4v) is 5.59. The second kappa shape index (κ2) is 7.68. The van der Waals surface area contributed by atoms with Gasteiger partial charge in [-0.25, -0.2) is 13.8 Å². The zero-order valence-corrected chi connectivity index (χ0v) is 19.8. The number of aryl methyl sites for hydroxylation is 2. The van der Waals surface area contributed by atoms with Crippen LogP contribution in [0, 0.1) is 0 Å². The second-order valence-corrected chi connectivity index (χ2v) is 9.94. The first kappa shape index (κ1) is 21.4. The zero-order chi connectivity index (χ0) is 23.7. The fraction of sp³-hybridized carbons (Fsp3) is 0.462. The molecule has 0 saturated heterocycles. The quantitative estimate of drug-likeness (QED) is 0.524. The molecular weight excluding hydrogens is 436 g/mol. The van der Waals surface area contributed by atoms with E-state index in [2.05, 4.69) is 9.47 Å². The largest absolute Gasteiger partial charge is 0.357 e. The molecule has 1 aromatic carbocycles. The van der Waals surface area contributed by atoms with Crippen molar-refractivity contribution in [1.29, 1.82) is 0 Å².